The van der Waals surface area contributed by atoms with Crippen molar-refractivity contribution in [2.45, 2.75) is 6.54 Å². The van der Waals surface area contributed by atoms with E-state index in [0.29, 0.717) is 12.1 Å². The normalized spacial score (nSPS) is 10.5. The summed E-state index contributed by atoms with van der Waals surface area (Å²) >= 11 is 0. The Bertz CT molecular complexity index is 817. The molecule has 1 N–H and O–H groups in total. The number of amides is 1. The molecule has 0 bridgehead atoms. The van der Waals surface area contributed by atoms with E-state index in [9.17, 15) is 13.6 Å². The van der Waals surface area contributed by atoms with Gasteiger partial charge in [0.15, 0.2) is 0 Å². The Labute approximate surface area is 130 Å². The summed E-state index contributed by atoms with van der Waals surface area (Å²) in [6.07, 6.45) is 3.03. The Kier molecular flexibility index (Phi) is 4.09. The molecule has 1 aromatic heterocycles. The van der Waals surface area contributed by atoms with E-state index in [1.54, 1.807) is 35.3 Å². The quantitative estimate of drug-likeness (QED) is 0.805. The molecule has 2 aromatic carbocycles. The smallest absolute Gasteiger partial charge is 0.255 e. The Balaban J connectivity index is 1.71. The van der Waals surface area contributed by atoms with Crippen molar-refractivity contribution in [3.8, 4) is 0 Å². The molecule has 5 nitrogen and oxygen atoms in total. The number of aromatic nitrogens is 3. The second-order valence-corrected chi connectivity index (χ2v) is 4.87. The average molecular weight is 314 g/mol. The van der Waals surface area contributed by atoms with Crippen LogP contribution < -0.4 is 5.32 Å². The molecule has 1 amide bonds. The van der Waals surface area contributed by atoms with Gasteiger partial charge < -0.3 is 5.32 Å². The monoisotopic (exact) mass is 314 g/mol. The molecule has 0 radical (unpaired) electrons. The Hall–Kier alpha value is -3.09. The van der Waals surface area contributed by atoms with Gasteiger partial charge in [0.1, 0.15) is 24.3 Å². The number of hydrogen-bond donors (Lipinski definition) is 1. The van der Waals surface area contributed by atoms with Crippen molar-refractivity contribution < 1.29 is 13.6 Å². The van der Waals surface area contributed by atoms with Crippen molar-refractivity contribution in [3.05, 3.63) is 77.9 Å². The van der Waals surface area contributed by atoms with Crippen molar-refractivity contribution in [2.24, 2.45) is 0 Å². The minimum absolute atomic E-state index is 0.193. The van der Waals surface area contributed by atoms with Crippen LogP contribution in [-0.4, -0.2) is 20.7 Å². The topological polar surface area (TPSA) is 59.8 Å². The first-order valence-electron chi connectivity index (χ1n) is 6.79. The standard InChI is InChI=1S/C16H12F2N4O/c17-13-5-6-14(18)15(7-13)21-16(23)12-3-1-11(2-4-12)8-22-10-19-9-20-22/h1-7,9-10H,8H2,(H,21,23). The van der Waals surface area contributed by atoms with E-state index in [1.807, 2.05) is 0 Å². The highest BCUT2D eigenvalue weighted by atomic mass is 19.1. The molecule has 0 aliphatic rings. The summed E-state index contributed by atoms with van der Waals surface area (Å²) in [5, 5.41) is 6.34. The van der Waals surface area contributed by atoms with Crippen molar-refractivity contribution in [1.29, 1.82) is 0 Å². The zero-order chi connectivity index (χ0) is 16.2. The van der Waals surface area contributed by atoms with Crippen molar-refractivity contribution >= 4 is 11.6 Å². The fraction of sp³-hybridized carbons (Fsp3) is 0.0625. The van der Waals surface area contributed by atoms with Crippen LogP contribution in [0.25, 0.3) is 0 Å². The van der Waals surface area contributed by atoms with Crippen LogP contribution in [0.5, 0.6) is 0 Å². The molecule has 0 unspecified atom stereocenters. The van der Waals surface area contributed by atoms with Crippen LogP contribution in [0.3, 0.4) is 0 Å². The number of nitrogens with zero attached hydrogens (tertiary/aromatic N) is 3. The number of carbonyl (C=O) groups is 1. The summed E-state index contributed by atoms with van der Waals surface area (Å²) < 4.78 is 28.3. The number of nitrogens with one attached hydrogen (secondary N) is 1. The molecular weight excluding hydrogens is 302 g/mol. The lowest BCUT2D eigenvalue weighted by Crippen LogP contribution is -2.13. The van der Waals surface area contributed by atoms with Gasteiger partial charge in [0.25, 0.3) is 5.91 Å². The van der Waals surface area contributed by atoms with Gasteiger partial charge in [0.2, 0.25) is 0 Å². The SMILES string of the molecule is O=C(Nc1cc(F)ccc1F)c1ccc(Cn2cncn2)cc1. The van der Waals surface area contributed by atoms with Crippen molar-refractivity contribution in [2.75, 3.05) is 5.32 Å². The average Bonchev–Trinajstić information content (AvgIpc) is 3.04. The molecule has 0 aliphatic heterocycles. The van der Waals surface area contributed by atoms with Crippen LogP contribution in [0, 0.1) is 11.6 Å². The number of halogens is 2. The third-order valence-corrected chi connectivity index (χ3v) is 3.20. The van der Waals surface area contributed by atoms with Crippen molar-refractivity contribution in [3.63, 3.8) is 0 Å². The summed E-state index contributed by atoms with van der Waals surface area (Å²) in [7, 11) is 0. The molecule has 3 rings (SSSR count). The molecule has 3 aromatic rings. The van der Waals surface area contributed by atoms with Gasteiger partial charge in [0.05, 0.1) is 12.2 Å². The van der Waals surface area contributed by atoms with Gasteiger partial charge in [-0.3, -0.25) is 4.79 Å². The van der Waals surface area contributed by atoms with E-state index in [1.165, 1.54) is 6.33 Å². The van der Waals surface area contributed by atoms with Gasteiger partial charge in [0, 0.05) is 11.6 Å². The number of anilines is 1. The molecule has 0 spiro atoms. The summed E-state index contributed by atoms with van der Waals surface area (Å²) in [4.78, 5) is 15.9. The number of rotatable bonds is 4. The van der Waals surface area contributed by atoms with E-state index in [0.717, 1.165) is 23.8 Å². The predicted molar refractivity (Wildman–Crippen MR) is 79.9 cm³/mol. The van der Waals surface area contributed by atoms with E-state index in [4.69, 9.17) is 0 Å². The molecule has 23 heavy (non-hydrogen) atoms. The van der Waals surface area contributed by atoms with Crippen LogP contribution in [-0.2, 0) is 6.54 Å². The molecule has 0 atom stereocenters. The molecule has 0 aliphatic carbocycles. The number of benzene rings is 2. The molecular formula is C16H12F2N4O. The molecule has 0 saturated heterocycles. The first-order valence-corrected chi connectivity index (χ1v) is 6.79. The lowest BCUT2D eigenvalue weighted by molar-refractivity contribution is 0.102. The zero-order valence-electron chi connectivity index (χ0n) is 11.9. The fourth-order valence-electron chi connectivity index (χ4n) is 2.05. The first kappa shape index (κ1) is 14.8. The summed E-state index contributed by atoms with van der Waals surface area (Å²) in [6.45, 7) is 0.528. The molecule has 0 fully saturated rings. The Morgan fingerprint density at radius 2 is 1.91 bits per heavy atom. The van der Waals surface area contributed by atoms with Gasteiger partial charge in [-0.05, 0) is 29.8 Å². The molecule has 7 heteroatoms. The van der Waals surface area contributed by atoms with E-state index in [2.05, 4.69) is 15.4 Å². The lowest BCUT2D eigenvalue weighted by Gasteiger charge is -2.07. The van der Waals surface area contributed by atoms with Gasteiger partial charge in [-0.25, -0.2) is 18.4 Å². The van der Waals surface area contributed by atoms with Crippen LogP contribution in [0.4, 0.5) is 14.5 Å². The molecule has 116 valence electrons. The van der Waals surface area contributed by atoms with E-state index < -0.39 is 17.5 Å². The van der Waals surface area contributed by atoms with Crippen LogP contribution in [0.2, 0.25) is 0 Å². The second kappa shape index (κ2) is 6.35. The molecule has 0 saturated carbocycles. The van der Waals surface area contributed by atoms with E-state index in [-0.39, 0.29) is 5.69 Å². The summed E-state index contributed by atoms with van der Waals surface area (Å²) in [6, 6.07) is 9.64. The van der Waals surface area contributed by atoms with Crippen LogP contribution in [0.1, 0.15) is 15.9 Å². The van der Waals surface area contributed by atoms with Crippen LogP contribution >= 0.6 is 0 Å². The largest absolute Gasteiger partial charge is 0.319 e. The van der Waals surface area contributed by atoms with Gasteiger partial charge >= 0.3 is 0 Å². The van der Waals surface area contributed by atoms with Gasteiger partial charge in [-0.1, -0.05) is 12.1 Å². The highest BCUT2D eigenvalue weighted by molar-refractivity contribution is 6.04. The first-order chi connectivity index (χ1) is 11.1. The summed E-state index contributed by atoms with van der Waals surface area (Å²) in [5.41, 5.74) is 1.08. The predicted octanol–water partition coefficient (Wildman–Crippen LogP) is 2.86. The Morgan fingerprint density at radius 1 is 1.13 bits per heavy atom. The Morgan fingerprint density at radius 3 is 2.61 bits per heavy atom. The number of carbonyl (C=O) groups excluding carboxylic acids is 1. The third-order valence-electron chi connectivity index (χ3n) is 3.20. The highest BCUT2D eigenvalue weighted by Crippen LogP contribution is 2.16. The van der Waals surface area contributed by atoms with Crippen molar-refractivity contribution in [1.82, 2.24) is 14.8 Å². The maximum absolute atomic E-state index is 13.5. The lowest BCUT2D eigenvalue weighted by atomic mass is 10.1. The third kappa shape index (κ3) is 3.57. The highest BCUT2D eigenvalue weighted by Gasteiger charge is 2.10. The maximum atomic E-state index is 13.5. The van der Waals surface area contributed by atoms with Gasteiger partial charge in [-0.15, -0.1) is 0 Å². The van der Waals surface area contributed by atoms with Crippen LogP contribution in [0.15, 0.2) is 55.1 Å². The molecule has 1 heterocycles. The fourth-order valence-corrected chi connectivity index (χ4v) is 2.05. The number of hydrogen-bond acceptors (Lipinski definition) is 3. The van der Waals surface area contributed by atoms with Gasteiger partial charge in [-0.2, -0.15) is 5.10 Å². The summed E-state index contributed by atoms with van der Waals surface area (Å²) in [5.74, 6) is -1.82. The second-order valence-electron chi connectivity index (χ2n) is 4.87. The minimum atomic E-state index is -0.692. The van der Waals surface area contributed by atoms with E-state index >= 15 is 0 Å². The minimum Gasteiger partial charge on any atom is -0.319 e. The maximum Gasteiger partial charge on any atom is 0.255 e. The zero-order valence-corrected chi connectivity index (χ0v) is 11.9.